The predicted molar refractivity (Wildman–Crippen MR) is 89.3 cm³/mol. The molecule has 0 radical (unpaired) electrons. The van der Waals surface area contributed by atoms with Gasteiger partial charge in [-0.1, -0.05) is 6.07 Å². The van der Waals surface area contributed by atoms with Crippen LogP contribution in [0.4, 0.5) is 4.79 Å². The van der Waals surface area contributed by atoms with E-state index in [1.165, 1.54) is 4.88 Å². The second-order valence-electron chi connectivity index (χ2n) is 5.08. The van der Waals surface area contributed by atoms with Crippen molar-refractivity contribution in [2.75, 3.05) is 32.8 Å². The molecule has 0 bridgehead atoms. The molecule has 0 aromatic carbocycles. The Kier molecular flexibility index (Phi) is 5.07. The van der Waals surface area contributed by atoms with Crippen molar-refractivity contribution in [2.24, 2.45) is 0 Å². The molecule has 1 fully saturated rings. The molecule has 0 atom stereocenters. The summed E-state index contributed by atoms with van der Waals surface area (Å²) in [5.41, 5.74) is 1.11. The summed E-state index contributed by atoms with van der Waals surface area (Å²) in [5.74, 6) is 0. The van der Waals surface area contributed by atoms with E-state index in [-0.39, 0.29) is 6.09 Å². The molecule has 0 unspecified atom stereocenters. The highest BCUT2D eigenvalue weighted by Crippen LogP contribution is 2.28. The molecule has 3 rings (SSSR count). The third kappa shape index (κ3) is 3.66. The summed E-state index contributed by atoms with van der Waals surface area (Å²) in [7, 11) is 0. The van der Waals surface area contributed by atoms with Gasteiger partial charge < -0.3 is 9.64 Å². The van der Waals surface area contributed by atoms with Gasteiger partial charge in [0.25, 0.3) is 0 Å². The molecule has 1 aliphatic rings. The molecule has 0 aliphatic carbocycles. The van der Waals surface area contributed by atoms with Gasteiger partial charge in [0.1, 0.15) is 5.01 Å². The lowest BCUT2D eigenvalue weighted by molar-refractivity contribution is 0.0776. The number of carbonyl (C=O) groups excluding carboxylic acids is 1. The average molecular weight is 337 g/mol. The SMILES string of the molecule is CCOC(=O)N1CCN(Cc2csc(-c3cccs3)n2)CC1. The van der Waals surface area contributed by atoms with Crippen molar-refractivity contribution in [3.05, 3.63) is 28.6 Å². The van der Waals surface area contributed by atoms with Crippen LogP contribution in [0.1, 0.15) is 12.6 Å². The van der Waals surface area contributed by atoms with Crippen molar-refractivity contribution in [1.29, 1.82) is 0 Å². The van der Waals surface area contributed by atoms with Gasteiger partial charge in [0.15, 0.2) is 0 Å². The Morgan fingerprint density at radius 1 is 1.32 bits per heavy atom. The second-order valence-corrected chi connectivity index (χ2v) is 6.89. The molecule has 22 heavy (non-hydrogen) atoms. The highest BCUT2D eigenvalue weighted by molar-refractivity contribution is 7.20. The minimum Gasteiger partial charge on any atom is -0.450 e. The molecule has 2 aromatic rings. The fourth-order valence-electron chi connectivity index (χ4n) is 2.43. The minimum absolute atomic E-state index is 0.198. The zero-order valence-electron chi connectivity index (χ0n) is 12.5. The Morgan fingerprint density at radius 2 is 2.14 bits per heavy atom. The molecule has 0 spiro atoms. The fraction of sp³-hybridized carbons (Fsp3) is 0.467. The number of ether oxygens (including phenoxy) is 1. The number of amides is 1. The van der Waals surface area contributed by atoms with Crippen molar-refractivity contribution >= 4 is 28.8 Å². The van der Waals surface area contributed by atoms with Crippen LogP contribution in [0.2, 0.25) is 0 Å². The normalized spacial score (nSPS) is 16.0. The maximum Gasteiger partial charge on any atom is 0.409 e. The summed E-state index contributed by atoms with van der Waals surface area (Å²) in [6, 6.07) is 4.15. The number of piperazine rings is 1. The molecule has 118 valence electrons. The molecule has 1 amide bonds. The predicted octanol–water partition coefficient (Wildman–Crippen LogP) is 3.15. The van der Waals surface area contributed by atoms with E-state index >= 15 is 0 Å². The number of hydrogen-bond donors (Lipinski definition) is 0. The molecule has 1 saturated heterocycles. The molecule has 2 aromatic heterocycles. The summed E-state index contributed by atoms with van der Waals surface area (Å²) in [6.07, 6.45) is -0.198. The van der Waals surface area contributed by atoms with Crippen molar-refractivity contribution < 1.29 is 9.53 Å². The zero-order valence-corrected chi connectivity index (χ0v) is 14.2. The van der Waals surface area contributed by atoms with Crippen LogP contribution >= 0.6 is 22.7 Å². The minimum atomic E-state index is -0.198. The number of rotatable bonds is 4. The van der Waals surface area contributed by atoms with E-state index in [4.69, 9.17) is 9.72 Å². The zero-order chi connectivity index (χ0) is 15.4. The Bertz CT molecular complexity index is 604. The van der Waals surface area contributed by atoms with Gasteiger partial charge in [0.2, 0.25) is 0 Å². The van der Waals surface area contributed by atoms with E-state index in [1.807, 2.05) is 6.92 Å². The number of thiophene rings is 1. The van der Waals surface area contributed by atoms with Gasteiger partial charge in [-0.3, -0.25) is 4.90 Å². The molecule has 5 nitrogen and oxygen atoms in total. The maximum atomic E-state index is 11.7. The van der Waals surface area contributed by atoms with Crippen molar-refractivity contribution in [3.8, 4) is 9.88 Å². The first-order valence-corrected chi connectivity index (χ1v) is 9.14. The van der Waals surface area contributed by atoms with E-state index in [0.717, 1.165) is 43.4 Å². The van der Waals surface area contributed by atoms with E-state index in [1.54, 1.807) is 27.6 Å². The van der Waals surface area contributed by atoms with Crippen molar-refractivity contribution in [2.45, 2.75) is 13.5 Å². The second kappa shape index (κ2) is 7.21. The molecule has 7 heteroatoms. The topological polar surface area (TPSA) is 45.7 Å². The molecular weight excluding hydrogens is 318 g/mol. The molecule has 0 saturated carbocycles. The van der Waals surface area contributed by atoms with Crippen LogP contribution < -0.4 is 0 Å². The summed E-state index contributed by atoms with van der Waals surface area (Å²) in [5, 5.41) is 5.30. The molecule has 3 heterocycles. The third-order valence-corrected chi connectivity index (χ3v) is 5.50. The number of nitrogens with zero attached hydrogens (tertiary/aromatic N) is 3. The highest BCUT2D eigenvalue weighted by atomic mass is 32.1. The van der Waals surface area contributed by atoms with Crippen LogP contribution in [0, 0.1) is 0 Å². The first-order valence-electron chi connectivity index (χ1n) is 7.38. The Hall–Kier alpha value is -1.44. The van der Waals surface area contributed by atoms with Gasteiger partial charge in [-0.05, 0) is 18.4 Å². The van der Waals surface area contributed by atoms with Crippen LogP contribution in [0.25, 0.3) is 9.88 Å². The van der Waals surface area contributed by atoms with Gasteiger partial charge in [0, 0.05) is 38.1 Å². The Labute approximate surface area is 138 Å². The lowest BCUT2D eigenvalue weighted by Crippen LogP contribution is -2.48. The molecule has 1 aliphatic heterocycles. The number of aromatic nitrogens is 1. The smallest absolute Gasteiger partial charge is 0.409 e. The quantitative estimate of drug-likeness (QED) is 0.860. The van der Waals surface area contributed by atoms with Gasteiger partial charge in [-0.25, -0.2) is 9.78 Å². The maximum absolute atomic E-state index is 11.7. The van der Waals surface area contributed by atoms with E-state index in [9.17, 15) is 4.79 Å². The van der Waals surface area contributed by atoms with E-state index in [0.29, 0.717) is 6.61 Å². The Balaban J connectivity index is 1.52. The van der Waals surface area contributed by atoms with Crippen molar-refractivity contribution in [1.82, 2.24) is 14.8 Å². The summed E-state index contributed by atoms with van der Waals surface area (Å²) < 4.78 is 5.04. The monoisotopic (exact) mass is 337 g/mol. The third-order valence-electron chi connectivity index (χ3n) is 3.57. The number of thiazole rings is 1. The van der Waals surface area contributed by atoms with Crippen LogP contribution in [-0.4, -0.2) is 53.7 Å². The van der Waals surface area contributed by atoms with Crippen molar-refractivity contribution in [3.63, 3.8) is 0 Å². The van der Waals surface area contributed by atoms with Crippen LogP contribution in [0.15, 0.2) is 22.9 Å². The van der Waals surface area contributed by atoms with E-state index < -0.39 is 0 Å². The Morgan fingerprint density at radius 3 is 2.82 bits per heavy atom. The van der Waals surface area contributed by atoms with Gasteiger partial charge in [-0.2, -0.15) is 0 Å². The van der Waals surface area contributed by atoms with Gasteiger partial charge in [0.05, 0.1) is 17.2 Å². The average Bonchev–Trinajstić information content (AvgIpc) is 3.19. The van der Waals surface area contributed by atoms with E-state index in [2.05, 4.69) is 27.8 Å². The van der Waals surface area contributed by atoms with Crippen LogP contribution in [0.5, 0.6) is 0 Å². The molecule has 0 N–H and O–H groups in total. The highest BCUT2D eigenvalue weighted by Gasteiger charge is 2.22. The van der Waals surface area contributed by atoms with Gasteiger partial charge in [-0.15, -0.1) is 22.7 Å². The number of carbonyl (C=O) groups is 1. The summed E-state index contributed by atoms with van der Waals surface area (Å²) >= 11 is 3.42. The summed E-state index contributed by atoms with van der Waals surface area (Å²) in [6.45, 7) is 6.29. The first kappa shape index (κ1) is 15.5. The lowest BCUT2D eigenvalue weighted by Gasteiger charge is -2.33. The van der Waals surface area contributed by atoms with Crippen LogP contribution in [0.3, 0.4) is 0 Å². The largest absolute Gasteiger partial charge is 0.450 e. The van der Waals surface area contributed by atoms with Gasteiger partial charge >= 0.3 is 6.09 Å². The first-order chi connectivity index (χ1) is 10.8. The van der Waals surface area contributed by atoms with Crippen LogP contribution in [-0.2, 0) is 11.3 Å². The lowest BCUT2D eigenvalue weighted by atomic mass is 10.3. The fourth-order valence-corrected chi connectivity index (χ4v) is 4.05. The standard InChI is InChI=1S/C15H19N3O2S2/c1-2-20-15(19)18-7-5-17(6-8-18)10-12-11-22-14(16-12)13-4-3-9-21-13/h3-4,9,11H,2,5-8,10H2,1H3. The summed E-state index contributed by atoms with van der Waals surface area (Å²) in [4.78, 5) is 21.7. The number of hydrogen-bond acceptors (Lipinski definition) is 6. The molecular formula is C15H19N3O2S2.